The molecule has 0 fully saturated rings. The molecule has 0 spiro atoms. The standard InChI is InChI=1S/C17H21N3O2S/c1-4-19-14-8-6-7-9-15(14)20(17(19)21)10-13-11-23-16(18-13)12(3)22-5-2/h6-9,11-12H,4-5,10H2,1-3H3/t12-/m0/s1. The van der Waals surface area contributed by atoms with E-state index in [1.807, 2.05) is 50.4 Å². The van der Waals surface area contributed by atoms with Gasteiger partial charge in [0.15, 0.2) is 0 Å². The molecule has 0 N–H and O–H groups in total. The highest BCUT2D eigenvalue weighted by molar-refractivity contribution is 7.09. The van der Waals surface area contributed by atoms with E-state index in [4.69, 9.17) is 4.74 Å². The SMILES string of the molecule is CCO[C@@H](C)c1nc(Cn2c(=O)n(CC)c3ccccc32)cs1. The third-order valence-electron chi connectivity index (χ3n) is 3.90. The average Bonchev–Trinajstić information content (AvgIpc) is 3.12. The van der Waals surface area contributed by atoms with Crippen LogP contribution in [0.4, 0.5) is 0 Å². The molecule has 0 saturated carbocycles. The number of nitrogens with zero attached hydrogens (tertiary/aromatic N) is 3. The number of aryl methyl sites for hydroxylation is 1. The molecule has 1 aromatic carbocycles. The zero-order valence-corrected chi connectivity index (χ0v) is 14.5. The Hall–Kier alpha value is -1.92. The van der Waals surface area contributed by atoms with E-state index in [0.717, 1.165) is 21.7 Å². The van der Waals surface area contributed by atoms with Gasteiger partial charge in [0.05, 0.1) is 23.3 Å². The van der Waals surface area contributed by atoms with Crippen molar-refractivity contribution in [3.63, 3.8) is 0 Å². The lowest BCUT2D eigenvalue weighted by Gasteiger charge is -2.07. The summed E-state index contributed by atoms with van der Waals surface area (Å²) in [7, 11) is 0. The van der Waals surface area contributed by atoms with Gasteiger partial charge in [0.2, 0.25) is 0 Å². The fourth-order valence-corrected chi connectivity index (χ4v) is 3.61. The lowest BCUT2D eigenvalue weighted by atomic mass is 10.3. The Kier molecular flexibility index (Phi) is 4.63. The van der Waals surface area contributed by atoms with Crippen LogP contribution < -0.4 is 5.69 Å². The average molecular weight is 331 g/mol. The normalized spacial score (nSPS) is 12.8. The maximum absolute atomic E-state index is 12.6. The number of thiazole rings is 1. The smallest absolute Gasteiger partial charge is 0.329 e. The Morgan fingerprint density at radius 1 is 1.22 bits per heavy atom. The quantitative estimate of drug-likeness (QED) is 0.695. The first-order valence-corrected chi connectivity index (χ1v) is 8.77. The summed E-state index contributed by atoms with van der Waals surface area (Å²) in [5.74, 6) is 0. The monoisotopic (exact) mass is 331 g/mol. The van der Waals surface area contributed by atoms with Crippen LogP contribution in [-0.2, 0) is 17.8 Å². The summed E-state index contributed by atoms with van der Waals surface area (Å²) >= 11 is 1.58. The molecule has 0 aliphatic rings. The van der Waals surface area contributed by atoms with Crippen LogP contribution in [-0.4, -0.2) is 20.7 Å². The van der Waals surface area contributed by atoms with Crippen LogP contribution in [0.3, 0.4) is 0 Å². The van der Waals surface area contributed by atoms with Gasteiger partial charge in [0, 0.05) is 18.5 Å². The molecule has 0 bridgehead atoms. The van der Waals surface area contributed by atoms with Gasteiger partial charge in [-0.25, -0.2) is 9.78 Å². The van der Waals surface area contributed by atoms with E-state index in [-0.39, 0.29) is 11.8 Å². The molecular formula is C17H21N3O2S. The zero-order valence-electron chi connectivity index (χ0n) is 13.7. The Morgan fingerprint density at radius 3 is 2.57 bits per heavy atom. The summed E-state index contributed by atoms with van der Waals surface area (Å²) in [5.41, 5.74) is 2.84. The van der Waals surface area contributed by atoms with Crippen LogP contribution in [0.2, 0.25) is 0 Å². The maximum Gasteiger partial charge on any atom is 0.329 e. The lowest BCUT2D eigenvalue weighted by molar-refractivity contribution is 0.0761. The molecule has 6 heteroatoms. The molecule has 122 valence electrons. The van der Waals surface area contributed by atoms with Gasteiger partial charge in [-0.15, -0.1) is 11.3 Å². The highest BCUT2D eigenvalue weighted by Crippen LogP contribution is 2.22. The van der Waals surface area contributed by atoms with E-state index >= 15 is 0 Å². The number of para-hydroxylation sites is 2. The van der Waals surface area contributed by atoms with E-state index in [2.05, 4.69) is 4.98 Å². The topological polar surface area (TPSA) is 49.1 Å². The van der Waals surface area contributed by atoms with Crippen molar-refractivity contribution in [2.24, 2.45) is 0 Å². The van der Waals surface area contributed by atoms with Gasteiger partial charge in [-0.05, 0) is 32.9 Å². The summed E-state index contributed by atoms with van der Waals surface area (Å²) in [4.78, 5) is 17.3. The van der Waals surface area contributed by atoms with Crippen LogP contribution in [0.25, 0.3) is 11.0 Å². The number of rotatable bonds is 6. The maximum atomic E-state index is 12.6. The third kappa shape index (κ3) is 2.96. The number of aromatic nitrogens is 3. The first-order chi connectivity index (χ1) is 11.2. The molecule has 5 nitrogen and oxygen atoms in total. The minimum atomic E-state index is -0.00699. The second kappa shape index (κ2) is 6.68. The van der Waals surface area contributed by atoms with Gasteiger partial charge in [0.25, 0.3) is 0 Å². The van der Waals surface area contributed by atoms with Crippen LogP contribution in [0.15, 0.2) is 34.4 Å². The van der Waals surface area contributed by atoms with Gasteiger partial charge in [0.1, 0.15) is 11.1 Å². The lowest BCUT2D eigenvalue weighted by Crippen LogP contribution is -2.24. The molecule has 0 amide bonds. The Morgan fingerprint density at radius 2 is 1.91 bits per heavy atom. The summed E-state index contributed by atoms with van der Waals surface area (Å²) in [6.07, 6.45) is -0.00699. The number of benzene rings is 1. The molecule has 0 aliphatic carbocycles. The minimum Gasteiger partial charge on any atom is -0.372 e. The van der Waals surface area contributed by atoms with Crippen molar-refractivity contribution in [2.45, 2.75) is 40.0 Å². The van der Waals surface area contributed by atoms with Crippen LogP contribution >= 0.6 is 11.3 Å². The van der Waals surface area contributed by atoms with Crippen molar-refractivity contribution >= 4 is 22.4 Å². The van der Waals surface area contributed by atoms with Gasteiger partial charge in [-0.3, -0.25) is 9.13 Å². The Labute approximate surface area is 139 Å². The second-order valence-electron chi connectivity index (χ2n) is 5.38. The largest absolute Gasteiger partial charge is 0.372 e. The second-order valence-corrected chi connectivity index (χ2v) is 6.27. The zero-order chi connectivity index (χ0) is 16.4. The summed E-state index contributed by atoms with van der Waals surface area (Å²) in [6, 6.07) is 7.89. The van der Waals surface area contributed by atoms with Crippen LogP contribution in [0.5, 0.6) is 0 Å². The van der Waals surface area contributed by atoms with Crippen LogP contribution in [0, 0.1) is 0 Å². The number of ether oxygens (including phenoxy) is 1. The number of fused-ring (bicyclic) bond motifs is 1. The molecular weight excluding hydrogens is 310 g/mol. The molecule has 1 atom stereocenters. The van der Waals surface area contributed by atoms with E-state index in [0.29, 0.717) is 19.7 Å². The molecule has 2 aromatic heterocycles. The molecule has 0 unspecified atom stereocenters. The van der Waals surface area contributed by atoms with Crippen molar-refractivity contribution in [3.05, 3.63) is 50.8 Å². The first-order valence-electron chi connectivity index (χ1n) is 7.89. The van der Waals surface area contributed by atoms with E-state index < -0.39 is 0 Å². The van der Waals surface area contributed by atoms with Crippen molar-refractivity contribution in [2.75, 3.05) is 6.61 Å². The molecule has 2 heterocycles. The van der Waals surface area contributed by atoms with Gasteiger partial charge in [-0.2, -0.15) is 0 Å². The molecule has 3 rings (SSSR count). The summed E-state index contributed by atoms with van der Waals surface area (Å²) in [5, 5.41) is 2.96. The molecule has 0 aliphatic heterocycles. The number of hydrogen-bond acceptors (Lipinski definition) is 4. The predicted octanol–water partition coefficient (Wildman–Crippen LogP) is 3.43. The van der Waals surface area contributed by atoms with Gasteiger partial charge < -0.3 is 4.74 Å². The Bertz CT molecular complexity index is 862. The fraction of sp³-hybridized carbons (Fsp3) is 0.412. The van der Waals surface area contributed by atoms with Gasteiger partial charge >= 0.3 is 5.69 Å². The third-order valence-corrected chi connectivity index (χ3v) is 4.95. The number of hydrogen-bond donors (Lipinski definition) is 0. The van der Waals surface area contributed by atoms with Crippen molar-refractivity contribution in [1.82, 2.24) is 14.1 Å². The van der Waals surface area contributed by atoms with Crippen molar-refractivity contribution in [1.29, 1.82) is 0 Å². The minimum absolute atomic E-state index is 0.00699. The van der Waals surface area contributed by atoms with E-state index in [9.17, 15) is 4.79 Å². The summed E-state index contributed by atoms with van der Waals surface area (Å²) in [6.45, 7) is 7.78. The van der Waals surface area contributed by atoms with Crippen LogP contribution in [0.1, 0.15) is 37.6 Å². The highest BCUT2D eigenvalue weighted by Gasteiger charge is 2.15. The highest BCUT2D eigenvalue weighted by atomic mass is 32.1. The summed E-state index contributed by atoms with van der Waals surface area (Å²) < 4.78 is 9.17. The van der Waals surface area contributed by atoms with Gasteiger partial charge in [-0.1, -0.05) is 12.1 Å². The Balaban J connectivity index is 1.96. The molecule has 23 heavy (non-hydrogen) atoms. The molecule has 0 radical (unpaired) electrons. The number of imidazole rings is 1. The van der Waals surface area contributed by atoms with E-state index in [1.54, 1.807) is 20.5 Å². The predicted molar refractivity (Wildman–Crippen MR) is 93.1 cm³/mol. The molecule has 0 saturated heterocycles. The van der Waals surface area contributed by atoms with E-state index in [1.165, 1.54) is 0 Å². The fourth-order valence-electron chi connectivity index (χ4n) is 2.80. The first kappa shape index (κ1) is 16.0. The van der Waals surface area contributed by atoms with Crippen molar-refractivity contribution < 1.29 is 4.74 Å². The van der Waals surface area contributed by atoms with Crippen molar-refractivity contribution in [3.8, 4) is 0 Å². The molecule has 3 aromatic rings.